The SMILES string of the molecule is COc1cc(/C=C2\SC(=O)N(C)C2=O)cc(Cl)c1OCC(=O)O. The number of amides is 2. The molecular weight excluding hydrogens is 346 g/mol. The minimum absolute atomic E-state index is 0.0947. The molecule has 1 N–H and O–H groups in total. The normalized spacial score (nSPS) is 16.1. The quantitative estimate of drug-likeness (QED) is 0.809. The van der Waals surface area contributed by atoms with Crippen LogP contribution in [0.25, 0.3) is 6.08 Å². The molecule has 1 aliphatic heterocycles. The lowest BCUT2D eigenvalue weighted by Crippen LogP contribution is -2.22. The molecule has 1 aromatic rings. The molecule has 1 aliphatic rings. The van der Waals surface area contributed by atoms with Crippen molar-refractivity contribution >= 4 is 46.6 Å². The molecule has 1 saturated heterocycles. The van der Waals surface area contributed by atoms with Crippen LogP contribution in [0.15, 0.2) is 17.0 Å². The average Bonchev–Trinajstić information content (AvgIpc) is 2.72. The number of thioether (sulfide) groups is 1. The van der Waals surface area contributed by atoms with E-state index in [-0.39, 0.29) is 26.7 Å². The molecule has 23 heavy (non-hydrogen) atoms. The molecule has 0 saturated carbocycles. The van der Waals surface area contributed by atoms with Gasteiger partial charge in [0, 0.05) is 7.05 Å². The Hall–Kier alpha value is -2.19. The minimum Gasteiger partial charge on any atom is -0.493 e. The van der Waals surface area contributed by atoms with Gasteiger partial charge in [-0.05, 0) is 35.5 Å². The van der Waals surface area contributed by atoms with Crippen LogP contribution in [0.3, 0.4) is 0 Å². The fourth-order valence-corrected chi connectivity index (χ4v) is 2.89. The van der Waals surface area contributed by atoms with Crippen LogP contribution in [0.1, 0.15) is 5.56 Å². The fraction of sp³-hybridized carbons (Fsp3) is 0.214. The summed E-state index contributed by atoms with van der Waals surface area (Å²) in [6.45, 7) is -0.565. The first-order chi connectivity index (χ1) is 10.8. The first kappa shape index (κ1) is 17.2. The van der Waals surface area contributed by atoms with Gasteiger partial charge >= 0.3 is 5.97 Å². The monoisotopic (exact) mass is 357 g/mol. The van der Waals surface area contributed by atoms with Gasteiger partial charge in [-0.15, -0.1) is 0 Å². The number of nitrogens with zero attached hydrogens (tertiary/aromatic N) is 1. The summed E-state index contributed by atoms with van der Waals surface area (Å²) in [7, 11) is 2.78. The lowest BCUT2D eigenvalue weighted by Gasteiger charge is -2.12. The maximum atomic E-state index is 11.9. The number of aliphatic carboxylic acids is 1. The van der Waals surface area contributed by atoms with Gasteiger partial charge in [-0.25, -0.2) is 4.79 Å². The zero-order valence-electron chi connectivity index (χ0n) is 12.2. The molecule has 0 radical (unpaired) electrons. The summed E-state index contributed by atoms with van der Waals surface area (Å²) in [4.78, 5) is 35.2. The van der Waals surface area contributed by atoms with Crippen LogP contribution in [-0.4, -0.2) is 47.9 Å². The number of rotatable bonds is 5. The molecule has 7 nitrogen and oxygen atoms in total. The maximum Gasteiger partial charge on any atom is 0.341 e. The number of carbonyl (C=O) groups is 3. The molecule has 9 heteroatoms. The number of ether oxygens (including phenoxy) is 2. The van der Waals surface area contributed by atoms with Crippen molar-refractivity contribution in [2.75, 3.05) is 20.8 Å². The number of likely N-dealkylation sites (N-methyl/N-ethyl adjacent to an activating group) is 1. The molecule has 0 atom stereocenters. The van der Waals surface area contributed by atoms with Gasteiger partial charge in [-0.3, -0.25) is 14.5 Å². The van der Waals surface area contributed by atoms with Crippen LogP contribution in [0.4, 0.5) is 4.79 Å². The zero-order chi connectivity index (χ0) is 17.1. The molecule has 122 valence electrons. The molecule has 1 fully saturated rings. The number of methoxy groups -OCH3 is 1. The summed E-state index contributed by atoms with van der Waals surface area (Å²) in [5.41, 5.74) is 0.522. The van der Waals surface area contributed by atoms with E-state index in [4.69, 9.17) is 26.2 Å². The molecule has 0 unspecified atom stereocenters. The van der Waals surface area contributed by atoms with Gasteiger partial charge in [-0.2, -0.15) is 0 Å². The molecule has 1 heterocycles. The van der Waals surface area contributed by atoms with Crippen molar-refractivity contribution < 1.29 is 29.0 Å². The van der Waals surface area contributed by atoms with E-state index in [0.29, 0.717) is 5.56 Å². The highest BCUT2D eigenvalue weighted by molar-refractivity contribution is 8.18. The smallest absolute Gasteiger partial charge is 0.341 e. The predicted octanol–water partition coefficient (Wildman–Crippen LogP) is 2.48. The van der Waals surface area contributed by atoms with Gasteiger partial charge in [0.15, 0.2) is 18.1 Å². The van der Waals surface area contributed by atoms with Crippen molar-refractivity contribution in [1.29, 1.82) is 0 Å². The number of imide groups is 1. The molecule has 0 aromatic heterocycles. The van der Waals surface area contributed by atoms with E-state index in [9.17, 15) is 14.4 Å². The highest BCUT2D eigenvalue weighted by Crippen LogP contribution is 2.38. The maximum absolute atomic E-state index is 11.9. The Bertz CT molecular complexity index is 717. The molecule has 2 rings (SSSR count). The summed E-state index contributed by atoms with van der Waals surface area (Å²) in [6.07, 6.45) is 1.50. The Morgan fingerprint density at radius 3 is 2.65 bits per heavy atom. The van der Waals surface area contributed by atoms with E-state index in [0.717, 1.165) is 16.7 Å². The number of hydrogen-bond acceptors (Lipinski definition) is 6. The Balaban J connectivity index is 2.35. The Kier molecular flexibility index (Phi) is 5.17. The predicted molar refractivity (Wildman–Crippen MR) is 84.9 cm³/mol. The second-order valence-electron chi connectivity index (χ2n) is 4.46. The van der Waals surface area contributed by atoms with E-state index < -0.39 is 18.5 Å². The second kappa shape index (κ2) is 6.93. The van der Waals surface area contributed by atoms with Gasteiger partial charge in [0.05, 0.1) is 17.0 Å². The number of halogens is 1. The van der Waals surface area contributed by atoms with Crippen LogP contribution in [-0.2, 0) is 9.59 Å². The van der Waals surface area contributed by atoms with Gasteiger partial charge in [0.1, 0.15) is 0 Å². The van der Waals surface area contributed by atoms with Crippen molar-refractivity contribution in [1.82, 2.24) is 4.90 Å². The van der Waals surface area contributed by atoms with Gasteiger partial charge < -0.3 is 14.6 Å². The summed E-state index contributed by atoms with van der Waals surface area (Å²) in [5, 5.41) is 8.43. The Labute approximate surface area is 140 Å². The van der Waals surface area contributed by atoms with Gasteiger partial charge in [0.25, 0.3) is 11.1 Å². The van der Waals surface area contributed by atoms with Crippen LogP contribution in [0, 0.1) is 0 Å². The molecule has 2 amide bonds. The Morgan fingerprint density at radius 2 is 2.13 bits per heavy atom. The number of hydrogen-bond donors (Lipinski definition) is 1. The van der Waals surface area contributed by atoms with Crippen molar-refractivity contribution in [2.45, 2.75) is 0 Å². The van der Waals surface area contributed by atoms with E-state index in [1.165, 1.54) is 32.4 Å². The number of benzene rings is 1. The minimum atomic E-state index is -1.15. The first-order valence-corrected chi connectivity index (χ1v) is 7.46. The Morgan fingerprint density at radius 1 is 1.43 bits per heavy atom. The zero-order valence-corrected chi connectivity index (χ0v) is 13.7. The summed E-state index contributed by atoms with van der Waals surface area (Å²) in [5.74, 6) is -1.23. The lowest BCUT2D eigenvalue weighted by atomic mass is 10.2. The number of carboxylic acids is 1. The molecule has 0 aliphatic carbocycles. The van der Waals surface area contributed by atoms with Crippen LogP contribution >= 0.6 is 23.4 Å². The number of carbonyl (C=O) groups excluding carboxylic acids is 2. The summed E-state index contributed by atoms with van der Waals surface area (Å²) < 4.78 is 10.2. The molecule has 0 spiro atoms. The largest absolute Gasteiger partial charge is 0.493 e. The lowest BCUT2D eigenvalue weighted by molar-refractivity contribution is -0.139. The molecule has 0 bridgehead atoms. The third kappa shape index (κ3) is 3.77. The van der Waals surface area contributed by atoms with Gasteiger partial charge in [-0.1, -0.05) is 11.6 Å². The van der Waals surface area contributed by atoms with Crippen molar-refractivity contribution in [3.63, 3.8) is 0 Å². The van der Waals surface area contributed by atoms with Crippen LogP contribution in [0.5, 0.6) is 11.5 Å². The van der Waals surface area contributed by atoms with Crippen molar-refractivity contribution in [2.24, 2.45) is 0 Å². The third-order valence-electron chi connectivity index (χ3n) is 2.88. The van der Waals surface area contributed by atoms with E-state index in [2.05, 4.69) is 0 Å². The van der Waals surface area contributed by atoms with Crippen LogP contribution in [0.2, 0.25) is 5.02 Å². The van der Waals surface area contributed by atoms with E-state index in [1.807, 2.05) is 0 Å². The average molecular weight is 358 g/mol. The highest BCUT2D eigenvalue weighted by Gasteiger charge is 2.31. The standard InChI is InChI=1S/C14H12ClNO6S/c1-16-13(19)10(23-14(16)20)5-7-3-8(15)12(9(4-7)21-2)22-6-11(17)18/h3-5H,6H2,1-2H3,(H,17,18)/b10-5-. The number of carboxylic acid groups (broad SMARTS) is 1. The third-order valence-corrected chi connectivity index (χ3v) is 4.12. The highest BCUT2D eigenvalue weighted by atomic mass is 35.5. The van der Waals surface area contributed by atoms with Crippen LogP contribution < -0.4 is 9.47 Å². The van der Waals surface area contributed by atoms with E-state index >= 15 is 0 Å². The van der Waals surface area contributed by atoms with Crippen molar-refractivity contribution in [3.05, 3.63) is 27.6 Å². The molecular formula is C14H12ClNO6S. The van der Waals surface area contributed by atoms with E-state index in [1.54, 1.807) is 0 Å². The second-order valence-corrected chi connectivity index (χ2v) is 5.86. The molecule has 1 aromatic carbocycles. The topological polar surface area (TPSA) is 93.1 Å². The summed E-state index contributed by atoms with van der Waals surface area (Å²) >= 11 is 6.90. The first-order valence-electron chi connectivity index (χ1n) is 6.27. The fourth-order valence-electron chi connectivity index (χ4n) is 1.79. The van der Waals surface area contributed by atoms with Gasteiger partial charge in [0.2, 0.25) is 0 Å². The van der Waals surface area contributed by atoms with Crippen molar-refractivity contribution in [3.8, 4) is 11.5 Å². The summed E-state index contributed by atoms with van der Waals surface area (Å²) in [6, 6.07) is 3.03.